The predicted octanol–water partition coefficient (Wildman–Crippen LogP) is 2.84. The van der Waals surface area contributed by atoms with E-state index in [1.807, 2.05) is 36.4 Å². The van der Waals surface area contributed by atoms with Crippen LogP contribution in [0, 0.1) is 0 Å². The molecule has 0 aliphatic rings. The smallest absolute Gasteiger partial charge is 0.328 e. The van der Waals surface area contributed by atoms with Crippen LogP contribution in [0.15, 0.2) is 62.2 Å². The number of rotatable bonds is 3. The SMILES string of the molecule is C=C.C=Cc1ccccc1.O=C(O)C=CC(=O)O. The van der Waals surface area contributed by atoms with Gasteiger partial charge in [0.15, 0.2) is 0 Å². The van der Waals surface area contributed by atoms with Crippen molar-refractivity contribution < 1.29 is 19.8 Å². The first kappa shape index (κ1) is 17.8. The van der Waals surface area contributed by atoms with Crippen molar-refractivity contribution in [3.8, 4) is 0 Å². The Morgan fingerprint density at radius 1 is 0.944 bits per heavy atom. The minimum Gasteiger partial charge on any atom is -0.478 e. The lowest BCUT2D eigenvalue weighted by Crippen LogP contribution is -1.91. The molecular weight excluding hydrogens is 232 g/mol. The molecule has 0 radical (unpaired) electrons. The number of hydrogen-bond donors (Lipinski definition) is 2. The summed E-state index contributed by atoms with van der Waals surface area (Å²) in [6.45, 7) is 9.63. The lowest BCUT2D eigenvalue weighted by Gasteiger charge is -1.85. The van der Waals surface area contributed by atoms with Gasteiger partial charge in [0, 0.05) is 12.2 Å². The van der Waals surface area contributed by atoms with Crippen molar-refractivity contribution in [3.63, 3.8) is 0 Å². The molecule has 4 nitrogen and oxygen atoms in total. The van der Waals surface area contributed by atoms with Gasteiger partial charge in [-0.05, 0) is 5.56 Å². The molecule has 0 unspecified atom stereocenters. The van der Waals surface area contributed by atoms with Crippen LogP contribution < -0.4 is 0 Å². The number of aliphatic carboxylic acids is 2. The summed E-state index contributed by atoms with van der Waals surface area (Å²) in [4.78, 5) is 19.1. The van der Waals surface area contributed by atoms with Gasteiger partial charge in [0.05, 0.1) is 0 Å². The molecule has 0 spiro atoms. The molecule has 0 bridgehead atoms. The molecule has 0 heterocycles. The molecule has 2 N–H and O–H groups in total. The summed E-state index contributed by atoms with van der Waals surface area (Å²) in [5, 5.41) is 15.6. The van der Waals surface area contributed by atoms with E-state index < -0.39 is 11.9 Å². The topological polar surface area (TPSA) is 74.6 Å². The van der Waals surface area contributed by atoms with Crippen molar-refractivity contribution in [1.29, 1.82) is 0 Å². The van der Waals surface area contributed by atoms with E-state index >= 15 is 0 Å². The molecule has 0 aromatic heterocycles. The zero-order chi connectivity index (χ0) is 14.4. The van der Waals surface area contributed by atoms with E-state index in [2.05, 4.69) is 19.7 Å². The average molecular weight is 248 g/mol. The Balaban J connectivity index is 0. The maximum absolute atomic E-state index is 9.55. The van der Waals surface area contributed by atoms with Gasteiger partial charge in [-0.25, -0.2) is 9.59 Å². The zero-order valence-corrected chi connectivity index (χ0v) is 9.95. The number of benzene rings is 1. The Morgan fingerprint density at radius 2 is 1.33 bits per heavy atom. The monoisotopic (exact) mass is 248 g/mol. The molecule has 1 aromatic rings. The molecular formula is C14H16O4. The molecule has 0 saturated heterocycles. The molecule has 0 aliphatic heterocycles. The summed E-state index contributed by atoms with van der Waals surface area (Å²) in [6, 6.07) is 10.0. The summed E-state index contributed by atoms with van der Waals surface area (Å²) < 4.78 is 0. The van der Waals surface area contributed by atoms with E-state index in [9.17, 15) is 9.59 Å². The van der Waals surface area contributed by atoms with E-state index in [-0.39, 0.29) is 0 Å². The van der Waals surface area contributed by atoms with Crippen molar-refractivity contribution >= 4 is 18.0 Å². The summed E-state index contributed by atoms with van der Waals surface area (Å²) in [6.07, 6.45) is 2.95. The van der Waals surface area contributed by atoms with E-state index in [0.717, 1.165) is 0 Å². The molecule has 4 heteroatoms. The van der Waals surface area contributed by atoms with Gasteiger partial charge in [0.1, 0.15) is 0 Å². The van der Waals surface area contributed by atoms with Gasteiger partial charge in [0.2, 0.25) is 0 Å². The van der Waals surface area contributed by atoms with Gasteiger partial charge in [0.25, 0.3) is 0 Å². The first-order chi connectivity index (χ1) is 8.56. The quantitative estimate of drug-likeness (QED) is 0.637. The molecule has 1 aromatic carbocycles. The highest BCUT2D eigenvalue weighted by molar-refractivity contribution is 5.89. The Morgan fingerprint density at radius 3 is 1.56 bits per heavy atom. The molecule has 0 saturated carbocycles. The van der Waals surface area contributed by atoms with Gasteiger partial charge >= 0.3 is 11.9 Å². The van der Waals surface area contributed by atoms with Crippen LogP contribution in [0.1, 0.15) is 5.56 Å². The van der Waals surface area contributed by atoms with Gasteiger partial charge in [-0.3, -0.25) is 0 Å². The van der Waals surface area contributed by atoms with Gasteiger partial charge in [-0.2, -0.15) is 0 Å². The molecule has 0 atom stereocenters. The summed E-state index contributed by atoms with van der Waals surface area (Å²) >= 11 is 0. The number of hydrogen-bond acceptors (Lipinski definition) is 2. The third-order valence-electron chi connectivity index (χ3n) is 1.40. The number of carboxylic acid groups (broad SMARTS) is 2. The Kier molecular flexibility index (Phi) is 12.3. The average Bonchev–Trinajstić information content (AvgIpc) is 2.40. The minimum absolute atomic E-state index is 0.558. The molecule has 0 amide bonds. The van der Waals surface area contributed by atoms with Crippen LogP contribution in [0.25, 0.3) is 6.08 Å². The second-order valence-corrected chi connectivity index (χ2v) is 2.62. The second kappa shape index (κ2) is 12.4. The van der Waals surface area contributed by atoms with Crippen LogP contribution >= 0.6 is 0 Å². The lowest BCUT2D eigenvalue weighted by molar-refractivity contribution is -0.134. The van der Waals surface area contributed by atoms with E-state index in [1.54, 1.807) is 0 Å². The predicted molar refractivity (Wildman–Crippen MR) is 72.2 cm³/mol. The standard InChI is InChI=1S/C8H8.C4H4O4.C2H4/c1-2-8-6-4-3-5-7-8;5-3(6)1-2-4(7)8;1-2/h2-7H,1H2;1-2H,(H,5,6)(H,7,8);1-2H2. The van der Waals surface area contributed by atoms with Crippen molar-refractivity contribution in [2.24, 2.45) is 0 Å². The fraction of sp³-hybridized carbons (Fsp3) is 0. The van der Waals surface area contributed by atoms with Crippen molar-refractivity contribution in [3.05, 3.63) is 67.8 Å². The van der Waals surface area contributed by atoms with Crippen LogP contribution in [-0.2, 0) is 9.59 Å². The van der Waals surface area contributed by atoms with Gasteiger partial charge in [-0.15, -0.1) is 13.2 Å². The largest absolute Gasteiger partial charge is 0.478 e. The molecule has 1 rings (SSSR count). The summed E-state index contributed by atoms with van der Waals surface area (Å²) in [5.74, 6) is -2.51. The fourth-order valence-corrected chi connectivity index (χ4v) is 0.732. The Hall–Kier alpha value is -2.62. The Labute approximate surface area is 106 Å². The van der Waals surface area contributed by atoms with Gasteiger partial charge in [-0.1, -0.05) is 43.0 Å². The molecule has 96 valence electrons. The Bertz CT molecular complexity index is 378. The number of carboxylic acids is 2. The second-order valence-electron chi connectivity index (χ2n) is 2.62. The highest BCUT2D eigenvalue weighted by Crippen LogP contribution is 1.97. The van der Waals surface area contributed by atoms with Crippen LogP contribution in [-0.4, -0.2) is 22.2 Å². The maximum Gasteiger partial charge on any atom is 0.328 e. The van der Waals surface area contributed by atoms with Crippen LogP contribution in [0.4, 0.5) is 0 Å². The summed E-state index contributed by atoms with van der Waals surface area (Å²) in [5.41, 5.74) is 1.17. The van der Waals surface area contributed by atoms with E-state index in [0.29, 0.717) is 12.2 Å². The molecule has 0 aliphatic carbocycles. The fourth-order valence-electron chi connectivity index (χ4n) is 0.732. The third kappa shape index (κ3) is 13.4. The number of carbonyl (C=O) groups is 2. The van der Waals surface area contributed by atoms with Crippen molar-refractivity contribution in [2.75, 3.05) is 0 Å². The van der Waals surface area contributed by atoms with Crippen LogP contribution in [0.5, 0.6) is 0 Å². The third-order valence-corrected chi connectivity index (χ3v) is 1.40. The zero-order valence-electron chi connectivity index (χ0n) is 9.95. The van der Waals surface area contributed by atoms with E-state index in [1.165, 1.54) is 5.56 Å². The maximum atomic E-state index is 9.55. The van der Waals surface area contributed by atoms with Crippen LogP contribution in [0.2, 0.25) is 0 Å². The first-order valence-electron chi connectivity index (χ1n) is 4.87. The van der Waals surface area contributed by atoms with Gasteiger partial charge < -0.3 is 10.2 Å². The highest BCUT2D eigenvalue weighted by Gasteiger charge is 1.88. The van der Waals surface area contributed by atoms with Crippen molar-refractivity contribution in [1.82, 2.24) is 0 Å². The van der Waals surface area contributed by atoms with Crippen LogP contribution in [0.3, 0.4) is 0 Å². The normalized spacial score (nSPS) is 8.22. The van der Waals surface area contributed by atoms with Crippen molar-refractivity contribution in [2.45, 2.75) is 0 Å². The minimum atomic E-state index is -1.26. The highest BCUT2D eigenvalue weighted by atomic mass is 16.4. The molecule has 18 heavy (non-hydrogen) atoms. The lowest BCUT2D eigenvalue weighted by atomic mass is 10.2. The van der Waals surface area contributed by atoms with E-state index in [4.69, 9.17) is 10.2 Å². The summed E-state index contributed by atoms with van der Waals surface area (Å²) in [7, 11) is 0. The molecule has 0 fully saturated rings. The first-order valence-corrected chi connectivity index (χ1v) is 4.87.